The van der Waals surface area contributed by atoms with Gasteiger partial charge in [-0.05, 0) is 6.07 Å². The Balaban J connectivity index is 2.09. The molecular weight excluding hydrogens is 306 g/mol. The largest absolute Gasteiger partial charge is 0.323 e. The van der Waals surface area contributed by atoms with Crippen molar-refractivity contribution in [3.8, 4) is 0 Å². The lowest BCUT2D eigenvalue weighted by Gasteiger charge is -2.16. The van der Waals surface area contributed by atoms with Crippen LogP contribution in [-0.4, -0.2) is 31.9 Å². The molecule has 1 atom stereocenters. The second kappa shape index (κ2) is 6.58. The van der Waals surface area contributed by atoms with E-state index in [1.54, 1.807) is 0 Å². The highest BCUT2D eigenvalue weighted by Gasteiger charge is 2.27. The van der Waals surface area contributed by atoms with Gasteiger partial charge in [-0.2, -0.15) is 10.2 Å². The standard InChI is InChI=1S/C12H13F4N5O/c1-20-6-7(10(19-20)12(15)16)18-9(22)5-8(11(13)14)21-4-2-3-17-21/h2-4,6,8,11-12H,5H2,1H3,(H,18,22). The zero-order chi connectivity index (χ0) is 16.3. The number of carbonyl (C=O) groups excluding carboxylic acids is 1. The average Bonchev–Trinajstić information content (AvgIpc) is 3.05. The Morgan fingerprint density at radius 2 is 2.09 bits per heavy atom. The fourth-order valence-electron chi connectivity index (χ4n) is 1.93. The highest BCUT2D eigenvalue weighted by molar-refractivity contribution is 5.91. The molecule has 0 spiro atoms. The molecule has 1 unspecified atom stereocenters. The molecule has 10 heteroatoms. The van der Waals surface area contributed by atoms with Crippen LogP contribution in [0.3, 0.4) is 0 Å². The molecule has 2 rings (SSSR count). The highest BCUT2D eigenvalue weighted by atomic mass is 19.3. The molecule has 0 fully saturated rings. The van der Waals surface area contributed by atoms with E-state index in [0.29, 0.717) is 0 Å². The molecule has 0 bridgehead atoms. The SMILES string of the molecule is Cn1cc(NC(=O)CC(C(F)F)n2cccn2)c(C(F)F)n1. The van der Waals surface area contributed by atoms with Crippen LogP contribution in [0.25, 0.3) is 0 Å². The number of alkyl halides is 4. The van der Waals surface area contributed by atoms with Crippen molar-refractivity contribution in [1.29, 1.82) is 0 Å². The van der Waals surface area contributed by atoms with Gasteiger partial charge in [-0.3, -0.25) is 14.2 Å². The molecule has 0 aliphatic carbocycles. The molecule has 22 heavy (non-hydrogen) atoms. The van der Waals surface area contributed by atoms with E-state index in [1.807, 2.05) is 0 Å². The van der Waals surface area contributed by atoms with Crippen molar-refractivity contribution in [2.24, 2.45) is 7.05 Å². The van der Waals surface area contributed by atoms with Crippen LogP contribution in [0.5, 0.6) is 0 Å². The molecule has 2 heterocycles. The molecular formula is C12H13F4N5O. The third-order valence-electron chi connectivity index (χ3n) is 2.89. The monoisotopic (exact) mass is 319 g/mol. The zero-order valence-corrected chi connectivity index (χ0v) is 11.5. The Hall–Kier alpha value is -2.39. The number of carbonyl (C=O) groups is 1. The fourth-order valence-corrected chi connectivity index (χ4v) is 1.93. The van der Waals surface area contributed by atoms with E-state index in [0.717, 1.165) is 9.36 Å². The van der Waals surface area contributed by atoms with Crippen LogP contribution in [0.15, 0.2) is 24.7 Å². The molecule has 6 nitrogen and oxygen atoms in total. The maximum absolute atomic E-state index is 13.0. The first-order valence-corrected chi connectivity index (χ1v) is 6.27. The van der Waals surface area contributed by atoms with Crippen LogP contribution in [0.4, 0.5) is 23.2 Å². The number of aromatic nitrogens is 4. The Bertz CT molecular complexity index is 626. The van der Waals surface area contributed by atoms with Gasteiger partial charge >= 0.3 is 0 Å². The quantitative estimate of drug-likeness (QED) is 0.832. The van der Waals surface area contributed by atoms with E-state index in [2.05, 4.69) is 15.5 Å². The summed E-state index contributed by atoms with van der Waals surface area (Å²) in [6.45, 7) is 0. The molecule has 0 aliphatic rings. The van der Waals surface area contributed by atoms with Gasteiger partial charge in [0, 0.05) is 25.6 Å². The lowest BCUT2D eigenvalue weighted by Crippen LogP contribution is -2.24. The van der Waals surface area contributed by atoms with Gasteiger partial charge in [-0.25, -0.2) is 17.6 Å². The first-order chi connectivity index (χ1) is 10.4. The smallest absolute Gasteiger partial charge is 0.284 e. The van der Waals surface area contributed by atoms with Crippen LogP contribution in [0, 0.1) is 0 Å². The van der Waals surface area contributed by atoms with Crippen LogP contribution in [0.2, 0.25) is 0 Å². The molecule has 0 saturated carbocycles. The normalized spacial score (nSPS) is 12.9. The zero-order valence-electron chi connectivity index (χ0n) is 11.5. The third-order valence-corrected chi connectivity index (χ3v) is 2.89. The summed E-state index contributed by atoms with van der Waals surface area (Å²) < 4.78 is 53.5. The minimum Gasteiger partial charge on any atom is -0.323 e. The van der Waals surface area contributed by atoms with Gasteiger partial charge < -0.3 is 5.32 Å². The van der Waals surface area contributed by atoms with Gasteiger partial charge in [-0.15, -0.1) is 0 Å². The molecule has 1 amide bonds. The van der Waals surface area contributed by atoms with E-state index >= 15 is 0 Å². The topological polar surface area (TPSA) is 64.7 Å². The summed E-state index contributed by atoms with van der Waals surface area (Å²) in [6, 6.07) is -0.0230. The van der Waals surface area contributed by atoms with Gasteiger partial charge in [-0.1, -0.05) is 0 Å². The molecule has 120 valence electrons. The van der Waals surface area contributed by atoms with Crippen LogP contribution in [0.1, 0.15) is 24.6 Å². The van der Waals surface area contributed by atoms with Gasteiger partial charge in [0.2, 0.25) is 5.91 Å². The molecule has 1 N–H and O–H groups in total. The van der Waals surface area contributed by atoms with Crippen molar-refractivity contribution in [1.82, 2.24) is 19.6 Å². The van der Waals surface area contributed by atoms with Crippen molar-refractivity contribution in [2.45, 2.75) is 25.3 Å². The van der Waals surface area contributed by atoms with E-state index in [1.165, 1.54) is 31.7 Å². The molecule has 2 aromatic rings. The summed E-state index contributed by atoms with van der Waals surface area (Å²) in [5.41, 5.74) is -0.806. The summed E-state index contributed by atoms with van der Waals surface area (Å²) in [5.74, 6) is -0.823. The number of anilines is 1. The van der Waals surface area contributed by atoms with Crippen LogP contribution >= 0.6 is 0 Å². The van der Waals surface area contributed by atoms with Crippen molar-refractivity contribution < 1.29 is 22.4 Å². The number of nitrogens with zero attached hydrogens (tertiary/aromatic N) is 4. The maximum atomic E-state index is 13.0. The lowest BCUT2D eigenvalue weighted by atomic mass is 10.2. The highest BCUT2D eigenvalue weighted by Crippen LogP contribution is 2.26. The Labute approximate surface area is 122 Å². The maximum Gasteiger partial charge on any atom is 0.284 e. The van der Waals surface area contributed by atoms with Crippen LogP contribution in [-0.2, 0) is 11.8 Å². The molecule has 0 radical (unpaired) electrons. The number of hydrogen-bond donors (Lipinski definition) is 1. The summed E-state index contributed by atoms with van der Waals surface area (Å²) in [5, 5.41) is 9.36. The van der Waals surface area contributed by atoms with Crippen molar-refractivity contribution >= 4 is 11.6 Å². The summed E-state index contributed by atoms with van der Waals surface area (Å²) in [7, 11) is 1.41. The number of rotatable bonds is 6. The Morgan fingerprint density at radius 3 is 2.64 bits per heavy atom. The van der Waals surface area contributed by atoms with Crippen molar-refractivity contribution in [2.75, 3.05) is 5.32 Å². The summed E-state index contributed by atoms with van der Waals surface area (Å²) in [4.78, 5) is 11.8. The van der Waals surface area contributed by atoms with Gasteiger partial charge in [0.1, 0.15) is 6.04 Å². The van der Waals surface area contributed by atoms with Gasteiger partial charge in [0.05, 0.1) is 12.1 Å². The van der Waals surface area contributed by atoms with E-state index in [4.69, 9.17) is 0 Å². The van der Waals surface area contributed by atoms with Crippen molar-refractivity contribution in [3.63, 3.8) is 0 Å². The Morgan fingerprint density at radius 1 is 1.36 bits per heavy atom. The minimum absolute atomic E-state index is 0.198. The fraction of sp³-hybridized carbons (Fsp3) is 0.417. The second-order valence-corrected chi connectivity index (χ2v) is 4.54. The molecule has 0 aliphatic heterocycles. The number of hydrogen-bond acceptors (Lipinski definition) is 3. The second-order valence-electron chi connectivity index (χ2n) is 4.54. The number of amides is 1. The Kier molecular flexibility index (Phi) is 4.78. The summed E-state index contributed by atoms with van der Waals surface area (Å²) >= 11 is 0. The van der Waals surface area contributed by atoms with E-state index in [9.17, 15) is 22.4 Å². The summed E-state index contributed by atoms with van der Waals surface area (Å²) in [6.07, 6.45) is -2.51. The number of nitrogens with one attached hydrogen (secondary N) is 1. The first-order valence-electron chi connectivity index (χ1n) is 6.27. The third kappa shape index (κ3) is 3.62. The number of halogens is 4. The molecule has 2 aromatic heterocycles. The van der Waals surface area contributed by atoms with E-state index < -0.39 is 36.9 Å². The van der Waals surface area contributed by atoms with Gasteiger partial charge in [0.15, 0.2) is 5.69 Å². The van der Waals surface area contributed by atoms with E-state index in [-0.39, 0.29) is 5.69 Å². The number of aryl methyl sites for hydroxylation is 1. The minimum atomic E-state index is -2.88. The molecule has 0 aromatic carbocycles. The van der Waals surface area contributed by atoms with Crippen molar-refractivity contribution in [3.05, 3.63) is 30.4 Å². The predicted molar refractivity (Wildman–Crippen MR) is 68.7 cm³/mol. The average molecular weight is 319 g/mol. The first kappa shape index (κ1) is 16.0. The lowest BCUT2D eigenvalue weighted by molar-refractivity contribution is -0.118. The predicted octanol–water partition coefficient (Wildman–Crippen LogP) is 2.39. The molecule has 0 saturated heterocycles. The van der Waals surface area contributed by atoms with Crippen LogP contribution < -0.4 is 5.32 Å². The van der Waals surface area contributed by atoms with Gasteiger partial charge in [0.25, 0.3) is 12.9 Å².